The van der Waals surface area contributed by atoms with Gasteiger partial charge in [0.15, 0.2) is 0 Å². The van der Waals surface area contributed by atoms with Crippen molar-refractivity contribution in [3.05, 3.63) is 52.2 Å². The smallest absolute Gasteiger partial charge is 0.207 e. The first kappa shape index (κ1) is 13.7. The van der Waals surface area contributed by atoms with Crippen LogP contribution in [0.5, 0.6) is 0 Å². The lowest BCUT2D eigenvalue weighted by Crippen LogP contribution is -2.27. The fourth-order valence-electron chi connectivity index (χ4n) is 1.69. The van der Waals surface area contributed by atoms with Crippen LogP contribution in [-0.2, 0) is 10.0 Å². The van der Waals surface area contributed by atoms with E-state index in [1.54, 1.807) is 19.1 Å². The maximum atomic E-state index is 12.3. The first-order valence-electron chi connectivity index (χ1n) is 5.59. The summed E-state index contributed by atoms with van der Waals surface area (Å²) in [6, 6.07) is 11.5. The highest BCUT2D eigenvalue weighted by atomic mass is 32.2. The summed E-state index contributed by atoms with van der Waals surface area (Å²) in [6.07, 6.45) is 0. The van der Waals surface area contributed by atoms with Crippen LogP contribution in [0.3, 0.4) is 0 Å². The van der Waals surface area contributed by atoms with E-state index in [9.17, 15) is 8.42 Å². The van der Waals surface area contributed by atoms with Gasteiger partial charge in [-0.05, 0) is 30.5 Å². The van der Waals surface area contributed by atoms with E-state index in [4.69, 9.17) is 5.26 Å². The Labute approximate surface area is 116 Å². The van der Waals surface area contributed by atoms with Gasteiger partial charge in [-0.2, -0.15) is 5.26 Å². The second kappa shape index (κ2) is 5.53. The van der Waals surface area contributed by atoms with Gasteiger partial charge in [-0.25, -0.2) is 13.1 Å². The van der Waals surface area contributed by atoms with Crippen molar-refractivity contribution in [2.45, 2.75) is 17.9 Å². The summed E-state index contributed by atoms with van der Waals surface area (Å²) in [5.74, 6) is 0. The van der Waals surface area contributed by atoms with E-state index in [1.807, 2.05) is 23.6 Å². The van der Waals surface area contributed by atoms with E-state index in [0.29, 0.717) is 0 Å². The van der Waals surface area contributed by atoms with Crippen molar-refractivity contribution in [3.63, 3.8) is 0 Å². The largest absolute Gasteiger partial charge is 0.242 e. The summed E-state index contributed by atoms with van der Waals surface area (Å²) in [4.78, 5) is 0.943. The molecule has 4 nitrogen and oxygen atoms in total. The Bertz CT molecular complexity index is 700. The topological polar surface area (TPSA) is 70.0 Å². The van der Waals surface area contributed by atoms with Crippen LogP contribution in [0.1, 0.15) is 23.4 Å². The molecule has 1 heterocycles. The molecule has 98 valence electrons. The zero-order chi connectivity index (χ0) is 13.9. The molecule has 1 unspecified atom stereocenters. The van der Waals surface area contributed by atoms with Crippen LogP contribution in [0.25, 0.3) is 0 Å². The van der Waals surface area contributed by atoms with Gasteiger partial charge in [0, 0.05) is 4.88 Å². The zero-order valence-electron chi connectivity index (χ0n) is 10.2. The Kier molecular flexibility index (Phi) is 4.00. The molecule has 1 aromatic heterocycles. The highest BCUT2D eigenvalue weighted by Crippen LogP contribution is 2.22. The number of nitriles is 1. The van der Waals surface area contributed by atoms with Crippen LogP contribution in [0.15, 0.2) is 46.7 Å². The predicted molar refractivity (Wildman–Crippen MR) is 74.2 cm³/mol. The molecule has 0 aliphatic heterocycles. The van der Waals surface area contributed by atoms with Gasteiger partial charge in [0.05, 0.1) is 16.5 Å². The van der Waals surface area contributed by atoms with Crippen LogP contribution in [0, 0.1) is 11.3 Å². The molecular weight excluding hydrogens is 280 g/mol. The van der Waals surface area contributed by atoms with Gasteiger partial charge in [-0.15, -0.1) is 11.3 Å². The summed E-state index contributed by atoms with van der Waals surface area (Å²) in [6.45, 7) is 1.78. The summed E-state index contributed by atoms with van der Waals surface area (Å²) < 4.78 is 27.1. The van der Waals surface area contributed by atoms with Gasteiger partial charge in [-0.1, -0.05) is 18.2 Å². The van der Waals surface area contributed by atoms with E-state index in [2.05, 4.69) is 4.72 Å². The number of benzene rings is 1. The van der Waals surface area contributed by atoms with Gasteiger partial charge in [-0.3, -0.25) is 0 Å². The maximum Gasteiger partial charge on any atom is 0.242 e. The number of hydrogen-bond donors (Lipinski definition) is 1. The molecule has 0 fully saturated rings. The van der Waals surface area contributed by atoms with Crippen molar-refractivity contribution in [2.24, 2.45) is 0 Å². The summed E-state index contributed by atoms with van der Waals surface area (Å²) in [7, 11) is -3.69. The molecule has 2 aromatic rings. The minimum Gasteiger partial charge on any atom is -0.207 e. The van der Waals surface area contributed by atoms with Crippen molar-refractivity contribution >= 4 is 21.4 Å². The molecular formula is C13H12N2O2S2. The Morgan fingerprint density at radius 2 is 2.00 bits per heavy atom. The van der Waals surface area contributed by atoms with Crippen LogP contribution >= 0.6 is 11.3 Å². The van der Waals surface area contributed by atoms with E-state index in [-0.39, 0.29) is 16.5 Å². The fourth-order valence-corrected chi connectivity index (χ4v) is 3.87. The minimum absolute atomic E-state index is 0.0147. The first-order chi connectivity index (χ1) is 9.04. The third kappa shape index (κ3) is 3.01. The van der Waals surface area contributed by atoms with Crippen LogP contribution in [0.4, 0.5) is 0 Å². The van der Waals surface area contributed by atoms with Crippen LogP contribution in [-0.4, -0.2) is 8.42 Å². The van der Waals surface area contributed by atoms with E-state index >= 15 is 0 Å². The number of thiophene rings is 1. The normalized spacial score (nSPS) is 12.8. The molecule has 0 saturated carbocycles. The van der Waals surface area contributed by atoms with Crippen molar-refractivity contribution in [1.82, 2.24) is 4.72 Å². The Morgan fingerprint density at radius 1 is 1.26 bits per heavy atom. The Morgan fingerprint density at radius 3 is 2.63 bits per heavy atom. The number of hydrogen-bond acceptors (Lipinski definition) is 4. The molecule has 0 aliphatic carbocycles. The molecule has 0 aliphatic rings. The van der Waals surface area contributed by atoms with Gasteiger partial charge < -0.3 is 0 Å². The Hall–Kier alpha value is -1.68. The highest BCUT2D eigenvalue weighted by molar-refractivity contribution is 7.89. The molecule has 6 heteroatoms. The lowest BCUT2D eigenvalue weighted by Gasteiger charge is -2.13. The van der Waals surface area contributed by atoms with Crippen LogP contribution in [0.2, 0.25) is 0 Å². The molecule has 1 aromatic carbocycles. The third-order valence-electron chi connectivity index (χ3n) is 2.60. The molecule has 2 rings (SSSR count). The van der Waals surface area contributed by atoms with Crippen molar-refractivity contribution in [3.8, 4) is 6.07 Å². The van der Waals surface area contributed by atoms with Gasteiger partial charge in [0.1, 0.15) is 6.07 Å². The molecule has 0 radical (unpaired) electrons. The standard InChI is InChI=1S/C13H12N2O2S2/c1-10(12-6-4-8-18-12)15-19(16,17)13-7-3-2-5-11(13)9-14/h2-8,10,15H,1H3. The van der Waals surface area contributed by atoms with Crippen molar-refractivity contribution in [1.29, 1.82) is 5.26 Å². The fraction of sp³-hybridized carbons (Fsp3) is 0.154. The molecule has 0 spiro atoms. The van der Waals surface area contributed by atoms with E-state index in [1.165, 1.54) is 23.5 Å². The van der Waals surface area contributed by atoms with E-state index in [0.717, 1.165) is 4.88 Å². The monoisotopic (exact) mass is 292 g/mol. The first-order valence-corrected chi connectivity index (χ1v) is 7.96. The highest BCUT2D eigenvalue weighted by Gasteiger charge is 2.21. The quantitative estimate of drug-likeness (QED) is 0.941. The maximum absolute atomic E-state index is 12.3. The van der Waals surface area contributed by atoms with E-state index < -0.39 is 10.0 Å². The molecule has 0 saturated heterocycles. The molecule has 19 heavy (non-hydrogen) atoms. The molecule has 0 bridgehead atoms. The zero-order valence-corrected chi connectivity index (χ0v) is 11.8. The SMILES string of the molecule is CC(NS(=O)(=O)c1ccccc1C#N)c1cccs1. The number of nitrogens with zero attached hydrogens (tertiary/aromatic N) is 1. The molecule has 1 N–H and O–H groups in total. The lowest BCUT2D eigenvalue weighted by molar-refractivity contribution is 0.568. The summed E-state index contributed by atoms with van der Waals surface area (Å²) >= 11 is 1.48. The van der Waals surface area contributed by atoms with Gasteiger partial charge in [0.2, 0.25) is 10.0 Å². The summed E-state index contributed by atoms with van der Waals surface area (Å²) in [5.41, 5.74) is 0.147. The number of sulfonamides is 1. The minimum atomic E-state index is -3.69. The average molecular weight is 292 g/mol. The second-order valence-corrected chi connectivity index (χ2v) is 6.63. The van der Waals surface area contributed by atoms with Gasteiger partial charge in [0.25, 0.3) is 0 Å². The average Bonchev–Trinajstić information content (AvgIpc) is 2.92. The third-order valence-corrected chi connectivity index (χ3v) is 5.25. The second-order valence-electron chi connectivity index (χ2n) is 3.97. The Balaban J connectivity index is 2.31. The number of rotatable bonds is 4. The van der Waals surface area contributed by atoms with Gasteiger partial charge >= 0.3 is 0 Å². The lowest BCUT2D eigenvalue weighted by atomic mass is 10.2. The molecule has 0 amide bonds. The number of nitrogens with one attached hydrogen (secondary N) is 1. The van der Waals surface area contributed by atoms with Crippen molar-refractivity contribution in [2.75, 3.05) is 0 Å². The van der Waals surface area contributed by atoms with Crippen LogP contribution < -0.4 is 4.72 Å². The molecule has 1 atom stereocenters. The van der Waals surface area contributed by atoms with Crippen molar-refractivity contribution < 1.29 is 8.42 Å². The predicted octanol–water partition coefficient (Wildman–Crippen LogP) is 2.66. The summed E-state index contributed by atoms with van der Waals surface area (Å²) in [5, 5.41) is 10.9.